The van der Waals surface area contributed by atoms with Crippen molar-refractivity contribution in [3.8, 4) is 17.1 Å². The molecule has 1 unspecified atom stereocenters. The fourth-order valence-electron chi connectivity index (χ4n) is 3.16. The first-order valence-corrected chi connectivity index (χ1v) is 9.36. The molecule has 154 valence electrons. The van der Waals surface area contributed by atoms with Gasteiger partial charge in [0, 0.05) is 30.1 Å². The Morgan fingerprint density at radius 2 is 1.97 bits per heavy atom. The molecule has 0 fully saturated rings. The lowest BCUT2D eigenvalue weighted by Gasteiger charge is -2.25. The van der Waals surface area contributed by atoms with Gasteiger partial charge in [0.2, 0.25) is 0 Å². The Bertz CT molecular complexity index is 1040. The molecule has 1 atom stereocenters. The summed E-state index contributed by atoms with van der Waals surface area (Å²) in [6.07, 6.45) is -0.160. The van der Waals surface area contributed by atoms with Crippen molar-refractivity contribution in [1.29, 1.82) is 0 Å². The summed E-state index contributed by atoms with van der Waals surface area (Å²) in [5.41, 5.74) is 6.12. The van der Waals surface area contributed by atoms with E-state index in [1.807, 2.05) is 13.8 Å². The molecule has 0 spiro atoms. The number of carbonyl (C=O) groups is 1. The van der Waals surface area contributed by atoms with Crippen LogP contribution in [0.3, 0.4) is 0 Å². The topological polar surface area (TPSA) is 97.7 Å². The number of halogens is 1. The number of nitrogens with one attached hydrogen (secondary N) is 1. The van der Waals surface area contributed by atoms with Gasteiger partial charge in [0.25, 0.3) is 5.91 Å². The number of furan rings is 1. The number of ether oxygens (including phenoxy) is 1. The van der Waals surface area contributed by atoms with Crippen molar-refractivity contribution < 1.29 is 23.4 Å². The third-order valence-electron chi connectivity index (χ3n) is 4.69. The first-order chi connectivity index (χ1) is 13.7. The Balaban J connectivity index is 2.33. The Kier molecular flexibility index (Phi) is 5.64. The molecule has 0 aliphatic carbocycles. The molecule has 7 heteroatoms. The molecule has 1 aromatic heterocycles. The van der Waals surface area contributed by atoms with Crippen molar-refractivity contribution >= 4 is 16.9 Å². The lowest BCUT2D eigenvalue weighted by Crippen LogP contribution is -2.32. The Morgan fingerprint density at radius 1 is 1.31 bits per heavy atom. The molecule has 1 amide bonds. The summed E-state index contributed by atoms with van der Waals surface area (Å²) in [5.74, 6) is -0.0175. The SMILES string of the molecule is CNC(=O)c1c(-c2ccc(F)cc2)oc2cc(C(C)(O)CN)c(OC(C)C)cc12. The molecule has 3 rings (SSSR count). The van der Waals surface area contributed by atoms with Crippen molar-refractivity contribution in [2.24, 2.45) is 5.73 Å². The maximum atomic E-state index is 13.4. The summed E-state index contributed by atoms with van der Waals surface area (Å²) in [7, 11) is 1.52. The number of fused-ring (bicyclic) bond motifs is 1. The third kappa shape index (κ3) is 3.97. The molecule has 6 nitrogen and oxygen atoms in total. The maximum Gasteiger partial charge on any atom is 0.255 e. The van der Waals surface area contributed by atoms with E-state index in [2.05, 4.69) is 5.32 Å². The van der Waals surface area contributed by atoms with Gasteiger partial charge in [-0.2, -0.15) is 0 Å². The maximum absolute atomic E-state index is 13.4. The minimum absolute atomic E-state index is 0.0270. The lowest BCUT2D eigenvalue weighted by molar-refractivity contribution is 0.0620. The second kappa shape index (κ2) is 7.85. The normalized spacial score (nSPS) is 13.5. The second-order valence-corrected chi connectivity index (χ2v) is 7.38. The van der Waals surface area contributed by atoms with Crippen LogP contribution in [0.1, 0.15) is 36.7 Å². The Hall–Kier alpha value is -2.90. The van der Waals surface area contributed by atoms with Crippen LogP contribution in [0.25, 0.3) is 22.3 Å². The molecular formula is C22H25FN2O4. The van der Waals surface area contributed by atoms with E-state index in [0.29, 0.717) is 39.2 Å². The number of benzene rings is 2. The monoisotopic (exact) mass is 400 g/mol. The van der Waals surface area contributed by atoms with Crippen LogP contribution in [0.15, 0.2) is 40.8 Å². The summed E-state index contributed by atoms with van der Waals surface area (Å²) in [4.78, 5) is 12.7. The van der Waals surface area contributed by atoms with Crippen LogP contribution >= 0.6 is 0 Å². The molecule has 0 saturated carbocycles. The minimum atomic E-state index is -1.35. The van der Waals surface area contributed by atoms with Gasteiger partial charge >= 0.3 is 0 Å². The van der Waals surface area contributed by atoms with Gasteiger partial charge in [0.15, 0.2) is 0 Å². The van der Waals surface area contributed by atoms with E-state index in [1.54, 1.807) is 31.2 Å². The molecule has 3 aromatic rings. The average molecular weight is 400 g/mol. The zero-order chi connectivity index (χ0) is 21.3. The summed E-state index contributed by atoms with van der Waals surface area (Å²) in [6, 6.07) is 9.00. The Morgan fingerprint density at radius 3 is 2.52 bits per heavy atom. The van der Waals surface area contributed by atoms with Gasteiger partial charge in [0.05, 0.1) is 11.7 Å². The van der Waals surface area contributed by atoms with Gasteiger partial charge in [-0.1, -0.05) is 0 Å². The van der Waals surface area contributed by atoms with Crippen LogP contribution in [0, 0.1) is 5.82 Å². The highest BCUT2D eigenvalue weighted by Crippen LogP contribution is 2.40. The summed E-state index contributed by atoms with van der Waals surface area (Å²) < 4.78 is 25.3. The number of hydrogen-bond donors (Lipinski definition) is 3. The predicted molar refractivity (Wildman–Crippen MR) is 109 cm³/mol. The third-order valence-corrected chi connectivity index (χ3v) is 4.69. The van der Waals surface area contributed by atoms with Gasteiger partial charge < -0.3 is 25.3 Å². The van der Waals surface area contributed by atoms with Crippen molar-refractivity contribution in [3.63, 3.8) is 0 Å². The number of aliphatic hydroxyl groups is 1. The highest BCUT2D eigenvalue weighted by molar-refractivity contribution is 6.11. The van der Waals surface area contributed by atoms with Crippen molar-refractivity contribution in [2.75, 3.05) is 13.6 Å². The van der Waals surface area contributed by atoms with E-state index in [0.717, 1.165) is 0 Å². The van der Waals surface area contributed by atoms with Crippen molar-refractivity contribution in [2.45, 2.75) is 32.5 Å². The number of nitrogens with two attached hydrogens (primary N) is 1. The van der Waals surface area contributed by atoms with E-state index >= 15 is 0 Å². The van der Waals surface area contributed by atoms with Crippen LogP contribution < -0.4 is 15.8 Å². The van der Waals surface area contributed by atoms with E-state index in [-0.39, 0.29) is 24.4 Å². The zero-order valence-corrected chi connectivity index (χ0v) is 16.9. The van der Waals surface area contributed by atoms with Crippen LogP contribution in [0.2, 0.25) is 0 Å². The summed E-state index contributed by atoms with van der Waals surface area (Å²) in [6.45, 7) is 5.29. The molecular weight excluding hydrogens is 375 g/mol. The van der Waals surface area contributed by atoms with Crippen LogP contribution in [-0.2, 0) is 5.60 Å². The summed E-state index contributed by atoms with van der Waals surface area (Å²) in [5, 5.41) is 13.9. The zero-order valence-electron chi connectivity index (χ0n) is 16.9. The Labute approximate surface area is 168 Å². The number of hydrogen-bond acceptors (Lipinski definition) is 5. The standard InChI is InChI=1S/C22H25FN2O4/c1-12(2)28-18-9-15-17(10-16(18)22(3,27)11-24)29-20(19(15)21(26)25-4)13-5-7-14(23)8-6-13/h5-10,12,27H,11,24H2,1-4H3,(H,25,26). The quantitative estimate of drug-likeness (QED) is 0.588. The molecule has 1 heterocycles. The van der Waals surface area contributed by atoms with Gasteiger partial charge in [-0.25, -0.2) is 4.39 Å². The van der Waals surface area contributed by atoms with E-state index in [1.165, 1.54) is 19.2 Å². The largest absolute Gasteiger partial charge is 0.491 e. The molecule has 0 aliphatic heterocycles. The lowest BCUT2D eigenvalue weighted by atomic mass is 9.93. The van der Waals surface area contributed by atoms with Crippen LogP contribution in [0.4, 0.5) is 4.39 Å². The average Bonchev–Trinajstić information content (AvgIpc) is 3.05. The van der Waals surface area contributed by atoms with Gasteiger partial charge in [-0.05, 0) is 57.2 Å². The number of rotatable bonds is 6. The minimum Gasteiger partial charge on any atom is -0.491 e. The van der Waals surface area contributed by atoms with Crippen molar-refractivity contribution in [3.05, 3.63) is 53.3 Å². The fourth-order valence-corrected chi connectivity index (χ4v) is 3.16. The number of carbonyl (C=O) groups excluding carboxylic acids is 1. The van der Waals surface area contributed by atoms with E-state index in [4.69, 9.17) is 14.9 Å². The first-order valence-electron chi connectivity index (χ1n) is 9.36. The predicted octanol–water partition coefficient (Wildman–Crippen LogP) is 3.55. The number of amides is 1. The molecule has 2 aromatic carbocycles. The molecule has 4 N–H and O–H groups in total. The highest BCUT2D eigenvalue weighted by atomic mass is 19.1. The molecule has 0 radical (unpaired) electrons. The summed E-state index contributed by atoms with van der Waals surface area (Å²) >= 11 is 0. The molecule has 0 bridgehead atoms. The van der Waals surface area contributed by atoms with E-state index < -0.39 is 5.60 Å². The molecule has 29 heavy (non-hydrogen) atoms. The second-order valence-electron chi connectivity index (χ2n) is 7.38. The molecule has 0 saturated heterocycles. The highest BCUT2D eigenvalue weighted by Gasteiger charge is 2.30. The van der Waals surface area contributed by atoms with Crippen LogP contribution in [0.5, 0.6) is 5.75 Å². The van der Waals surface area contributed by atoms with E-state index in [9.17, 15) is 14.3 Å². The van der Waals surface area contributed by atoms with Gasteiger partial charge in [0.1, 0.15) is 28.5 Å². The van der Waals surface area contributed by atoms with Gasteiger partial charge in [-0.3, -0.25) is 4.79 Å². The van der Waals surface area contributed by atoms with Crippen molar-refractivity contribution in [1.82, 2.24) is 5.32 Å². The van der Waals surface area contributed by atoms with Crippen LogP contribution in [-0.4, -0.2) is 30.7 Å². The smallest absolute Gasteiger partial charge is 0.255 e. The first kappa shape index (κ1) is 20.8. The van der Waals surface area contributed by atoms with Gasteiger partial charge in [-0.15, -0.1) is 0 Å². The molecule has 0 aliphatic rings. The fraction of sp³-hybridized carbons (Fsp3) is 0.318.